The van der Waals surface area contributed by atoms with Crippen LogP contribution in [0.25, 0.3) is 10.8 Å². The molecule has 0 aliphatic heterocycles. The van der Waals surface area contributed by atoms with Crippen LogP contribution in [0.5, 0.6) is 11.5 Å². The number of fused-ring (bicyclic) bond motifs is 3. The van der Waals surface area contributed by atoms with E-state index in [4.69, 9.17) is 0 Å². The van der Waals surface area contributed by atoms with Gasteiger partial charge in [0.25, 0.3) is 0 Å². The molecule has 4 nitrogen and oxygen atoms in total. The lowest BCUT2D eigenvalue weighted by molar-refractivity contribution is 0.0973. The van der Waals surface area contributed by atoms with E-state index < -0.39 is 0 Å². The number of carbonyl (C=O) groups is 1. The van der Waals surface area contributed by atoms with Gasteiger partial charge in [-0.15, -0.1) is 0 Å². The first-order chi connectivity index (χ1) is 8.59. The molecule has 1 aromatic heterocycles. The van der Waals surface area contributed by atoms with Crippen molar-refractivity contribution in [3.8, 4) is 11.5 Å². The Morgan fingerprint density at radius 1 is 1.11 bits per heavy atom. The number of phenols is 2. The van der Waals surface area contributed by atoms with Crippen LogP contribution in [0.2, 0.25) is 0 Å². The van der Waals surface area contributed by atoms with Crippen LogP contribution in [0.1, 0.15) is 34.6 Å². The SMILES string of the molecule is Cc1nc2c(c3c(O)ccc(O)c13)C(=O)CCC2. The van der Waals surface area contributed by atoms with E-state index in [9.17, 15) is 15.0 Å². The van der Waals surface area contributed by atoms with E-state index in [0.29, 0.717) is 28.5 Å². The lowest BCUT2D eigenvalue weighted by Crippen LogP contribution is -2.14. The third-order valence-corrected chi connectivity index (χ3v) is 3.46. The molecular weight excluding hydrogens is 230 g/mol. The van der Waals surface area contributed by atoms with Crippen molar-refractivity contribution >= 4 is 16.6 Å². The predicted molar refractivity (Wildman–Crippen MR) is 67.1 cm³/mol. The molecule has 1 aliphatic rings. The van der Waals surface area contributed by atoms with E-state index in [1.54, 1.807) is 6.92 Å². The van der Waals surface area contributed by atoms with Gasteiger partial charge in [-0.1, -0.05) is 0 Å². The molecule has 1 aliphatic carbocycles. The van der Waals surface area contributed by atoms with Gasteiger partial charge in [-0.2, -0.15) is 0 Å². The van der Waals surface area contributed by atoms with Crippen molar-refractivity contribution < 1.29 is 15.0 Å². The summed E-state index contributed by atoms with van der Waals surface area (Å²) in [5.74, 6) is 0.0726. The molecule has 2 aromatic rings. The summed E-state index contributed by atoms with van der Waals surface area (Å²) >= 11 is 0. The number of ketones is 1. The number of aryl methyl sites for hydroxylation is 2. The molecule has 18 heavy (non-hydrogen) atoms. The lowest BCUT2D eigenvalue weighted by atomic mass is 9.89. The number of nitrogens with zero attached hydrogens (tertiary/aromatic N) is 1. The van der Waals surface area contributed by atoms with Gasteiger partial charge in [-0.25, -0.2) is 0 Å². The maximum absolute atomic E-state index is 12.0. The Morgan fingerprint density at radius 3 is 2.50 bits per heavy atom. The normalized spacial score (nSPS) is 14.8. The third-order valence-electron chi connectivity index (χ3n) is 3.46. The number of aromatic hydroxyl groups is 2. The summed E-state index contributed by atoms with van der Waals surface area (Å²) in [6.07, 6.45) is 2.01. The van der Waals surface area contributed by atoms with Crippen molar-refractivity contribution in [2.45, 2.75) is 26.2 Å². The highest BCUT2D eigenvalue weighted by Crippen LogP contribution is 2.39. The Hall–Kier alpha value is -2.10. The van der Waals surface area contributed by atoms with Crippen molar-refractivity contribution in [1.82, 2.24) is 4.98 Å². The highest BCUT2D eigenvalue weighted by atomic mass is 16.3. The van der Waals surface area contributed by atoms with Gasteiger partial charge in [0.1, 0.15) is 11.5 Å². The first-order valence-electron chi connectivity index (χ1n) is 5.97. The quantitative estimate of drug-likeness (QED) is 0.697. The van der Waals surface area contributed by atoms with Gasteiger partial charge in [0.15, 0.2) is 5.78 Å². The van der Waals surface area contributed by atoms with Crippen molar-refractivity contribution in [3.63, 3.8) is 0 Å². The van der Waals surface area contributed by atoms with Crippen LogP contribution in [0, 0.1) is 6.92 Å². The van der Waals surface area contributed by atoms with E-state index >= 15 is 0 Å². The summed E-state index contributed by atoms with van der Waals surface area (Å²) in [7, 11) is 0. The zero-order valence-electron chi connectivity index (χ0n) is 10.0. The van der Waals surface area contributed by atoms with Gasteiger partial charge in [-0.05, 0) is 31.9 Å². The highest BCUT2D eigenvalue weighted by Gasteiger charge is 2.25. The molecule has 0 bridgehead atoms. The van der Waals surface area contributed by atoms with Crippen LogP contribution in [0.15, 0.2) is 12.1 Å². The summed E-state index contributed by atoms with van der Waals surface area (Å²) in [6.45, 7) is 1.78. The predicted octanol–water partition coefficient (Wildman–Crippen LogP) is 2.47. The summed E-state index contributed by atoms with van der Waals surface area (Å²) < 4.78 is 0. The number of Topliss-reactive ketones (excluding diaryl/α,β-unsaturated/α-hetero) is 1. The molecule has 0 fully saturated rings. The minimum atomic E-state index is -0.00495. The molecule has 3 rings (SSSR count). The van der Waals surface area contributed by atoms with Gasteiger partial charge in [-0.3, -0.25) is 9.78 Å². The van der Waals surface area contributed by atoms with Crippen LogP contribution >= 0.6 is 0 Å². The van der Waals surface area contributed by atoms with Crippen molar-refractivity contribution in [2.24, 2.45) is 0 Å². The van der Waals surface area contributed by atoms with Gasteiger partial charge in [0, 0.05) is 22.9 Å². The van der Waals surface area contributed by atoms with E-state index in [2.05, 4.69) is 4.98 Å². The molecule has 0 saturated carbocycles. The molecule has 2 N–H and O–H groups in total. The molecule has 4 heteroatoms. The first-order valence-corrected chi connectivity index (χ1v) is 5.97. The van der Waals surface area contributed by atoms with E-state index in [-0.39, 0.29) is 17.3 Å². The molecule has 92 valence electrons. The molecule has 0 saturated heterocycles. The van der Waals surface area contributed by atoms with Gasteiger partial charge in [0.2, 0.25) is 0 Å². The van der Waals surface area contributed by atoms with Gasteiger partial charge in [0.05, 0.1) is 11.3 Å². The number of benzene rings is 1. The Balaban J connectivity index is 2.54. The zero-order valence-corrected chi connectivity index (χ0v) is 10.0. The van der Waals surface area contributed by atoms with Gasteiger partial charge < -0.3 is 10.2 Å². The van der Waals surface area contributed by atoms with Crippen LogP contribution in [-0.2, 0) is 6.42 Å². The Morgan fingerprint density at radius 2 is 1.78 bits per heavy atom. The maximum Gasteiger partial charge on any atom is 0.165 e. The number of pyridine rings is 1. The molecule has 1 aromatic carbocycles. The second kappa shape index (κ2) is 3.70. The molecule has 0 spiro atoms. The second-order valence-corrected chi connectivity index (χ2v) is 4.65. The second-order valence-electron chi connectivity index (χ2n) is 4.65. The fourth-order valence-corrected chi connectivity index (χ4v) is 2.68. The minimum absolute atomic E-state index is 0.00495. The van der Waals surface area contributed by atoms with Crippen LogP contribution < -0.4 is 0 Å². The largest absolute Gasteiger partial charge is 0.507 e. The van der Waals surface area contributed by atoms with Gasteiger partial charge >= 0.3 is 0 Å². The average Bonchev–Trinajstić information content (AvgIpc) is 2.33. The molecular formula is C14H13NO3. The average molecular weight is 243 g/mol. The first kappa shape index (κ1) is 11.0. The third kappa shape index (κ3) is 1.38. The topological polar surface area (TPSA) is 70.4 Å². The zero-order chi connectivity index (χ0) is 12.9. The Kier molecular flexibility index (Phi) is 2.26. The fourth-order valence-electron chi connectivity index (χ4n) is 2.68. The van der Waals surface area contributed by atoms with Crippen LogP contribution in [-0.4, -0.2) is 21.0 Å². The summed E-state index contributed by atoms with van der Waals surface area (Å²) in [5, 5.41) is 20.8. The molecule has 0 amide bonds. The van der Waals surface area contributed by atoms with Crippen molar-refractivity contribution in [3.05, 3.63) is 29.1 Å². The summed E-state index contributed by atoms with van der Waals surface area (Å²) in [5.41, 5.74) is 1.86. The molecule has 0 unspecified atom stereocenters. The maximum atomic E-state index is 12.0. The summed E-state index contributed by atoms with van der Waals surface area (Å²) in [6, 6.07) is 2.84. The molecule has 0 radical (unpaired) electrons. The van der Waals surface area contributed by atoms with Crippen molar-refractivity contribution in [1.29, 1.82) is 0 Å². The standard InChI is InChI=1S/C14H13NO3/c1-7-12-10(17)5-6-11(18)14(12)13-8(15-7)3-2-4-9(13)16/h5-6,17-18H,2-4H2,1H3. The number of rotatable bonds is 0. The molecule has 1 heterocycles. The minimum Gasteiger partial charge on any atom is -0.507 e. The Labute approximate surface area is 104 Å². The summed E-state index contributed by atoms with van der Waals surface area (Å²) in [4.78, 5) is 16.4. The Bertz CT molecular complexity index is 677. The number of hydrogen-bond donors (Lipinski definition) is 2. The molecule has 0 atom stereocenters. The highest BCUT2D eigenvalue weighted by molar-refractivity contribution is 6.13. The number of aromatic nitrogens is 1. The lowest BCUT2D eigenvalue weighted by Gasteiger charge is -2.18. The van der Waals surface area contributed by atoms with Crippen molar-refractivity contribution in [2.75, 3.05) is 0 Å². The smallest absolute Gasteiger partial charge is 0.165 e. The number of phenolic OH excluding ortho intramolecular Hbond substituents is 2. The van der Waals surface area contributed by atoms with Crippen LogP contribution in [0.3, 0.4) is 0 Å². The van der Waals surface area contributed by atoms with E-state index in [1.165, 1.54) is 12.1 Å². The van der Waals surface area contributed by atoms with E-state index in [1.807, 2.05) is 0 Å². The van der Waals surface area contributed by atoms with Crippen LogP contribution in [0.4, 0.5) is 0 Å². The fraction of sp³-hybridized carbons (Fsp3) is 0.286. The monoisotopic (exact) mass is 243 g/mol. The number of hydrogen-bond acceptors (Lipinski definition) is 4. The van der Waals surface area contributed by atoms with E-state index in [0.717, 1.165) is 18.5 Å². The number of carbonyl (C=O) groups excluding carboxylic acids is 1.